The number of halogens is 2. The lowest BCUT2D eigenvalue weighted by Crippen LogP contribution is -2.28. The molecule has 1 fully saturated rings. The van der Waals surface area contributed by atoms with Crippen LogP contribution < -0.4 is 5.32 Å². The Morgan fingerprint density at radius 2 is 2.00 bits per heavy atom. The SMILES string of the molecule is Cc1ccc([C@H]2CCCNC2)c(C)n1.Cl.Cl. The van der Waals surface area contributed by atoms with Crippen LogP contribution in [-0.4, -0.2) is 18.1 Å². The van der Waals surface area contributed by atoms with E-state index in [0.717, 1.165) is 12.2 Å². The topological polar surface area (TPSA) is 24.9 Å². The van der Waals surface area contributed by atoms with Gasteiger partial charge in [0.15, 0.2) is 0 Å². The molecule has 0 bridgehead atoms. The number of hydrogen-bond acceptors (Lipinski definition) is 2. The molecule has 2 nitrogen and oxygen atoms in total. The van der Waals surface area contributed by atoms with E-state index in [0.29, 0.717) is 5.92 Å². The zero-order chi connectivity index (χ0) is 9.97. The Balaban J connectivity index is 0.00000112. The van der Waals surface area contributed by atoms with Crippen LogP contribution in [0.1, 0.15) is 35.7 Å². The van der Waals surface area contributed by atoms with Crippen LogP contribution in [0.5, 0.6) is 0 Å². The van der Waals surface area contributed by atoms with Crippen LogP contribution in [0.15, 0.2) is 12.1 Å². The third-order valence-electron chi connectivity index (χ3n) is 3.00. The Hall–Kier alpha value is -0.310. The first-order chi connectivity index (χ1) is 6.77. The number of nitrogens with one attached hydrogen (secondary N) is 1. The van der Waals surface area contributed by atoms with Gasteiger partial charge in [-0.05, 0) is 50.8 Å². The highest BCUT2D eigenvalue weighted by atomic mass is 35.5. The van der Waals surface area contributed by atoms with Gasteiger partial charge in [-0.15, -0.1) is 24.8 Å². The summed E-state index contributed by atoms with van der Waals surface area (Å²) in [6, 6.07) is 4.37. The summed E-state index contributed by atoms with van der Waals surface area (Å²) in [7, 11) is 0. The summed E-state index contributed by atoms with van der Waals surface area (Å²) in [6.45, 7) is 6.47. The van der Waals surface area contributed by atoms with Crippen LogP contribution in [0.25, 0.3) is 0 Å². The predicted molar refractivity (Wildman–Crippen MR) is 73.1 cm³/mol. The predicted octanol–water partition coefficient (Wildman–Crippen LogP) is 3.01. The molecule has 16 heavy (non-hydrogen) atoms. The Morgan fingerprint density at radius 1 is 1.25 bits per heavy atom. The maximum Gasteiger partial charge on any atom is 0.0411 e. The number of hydrogen-bond donors (Lipinski definition) is 1. The van der Waals surface area contributed by atoms with Crippen LogP contribution in [-0.2, 0) is 0 Å². The van der Waals surface area contributed by atoms with Gasteiger partial charge in [-0.25, -0.2) is 0 Å². The molecule has 0 aromatic carbocycles. The minimum atomic E-state index is 0. The van der Waals surface area contributed by atoms with E-state index in [9.17, 15) is 0 Å². The summed E-state index contributed by atoms with van der Waals surface area (Å²) in [5.74, 6) is 0.678. The Kier molecular flexibility index (Phi) is 6.96. The van der Waals surface area contributed by atoms with Crippen molar-refractivity contribution >= 4 is 24.8 Å². The van der Waals surface area contributed by atoms with E-state index in [4.69, 9.17) is 0 Å². The molecule has 1 saturated heterocycles. The third kappa shape index (κ3) is 3.62. The number of aryl methyl sites for hydroxylation is 2. The van der Waals surface area contributed by atoms with Crippen molar-refractivity contribution in [3.05, 3.63) is 29.1 Å². The van der Waals surface area contributed by atoms with Gasteiger partial charge in [0.1, 0.15) is 0 Å². The number of pyridine rings is 1. The van der Waals surface area contributed by atoms with Gasteiger partial charge in [0.2, 0.25) is 0 Å². The quantitative estimate of drug-likeness (QED) is 0.842. The molecule has 1 aromatic rings. The Morgan fingerprint density at radius 3 is 2.56 bits per heavy atom. The molecule has 4 heteroatoms. The lowest BCUT2D eigenvalue weighted by atomic mass is 9.90. The molecule has 0 radical (unpaired) electrons. The van der Waals surface area contributed by atoms with Crippen LogP contribution in [0.2, 0.25) is 0 Å². The van der Waals surface area contributed by atoms with Crippen molar-refractivity contribution in [1.29, 1.82) is 0 Å². The van der Waals surface area contributed by atoms with Crippen molar-refractivity contribution in [3.8, 4) is 0 Å². The van der Waals surface area contributed by atoms with E-state index < -0.39 is 0 Å². The van der Waals surface area contributed by atoms with Gasteiger partial charge >= 0.3 is 0 Å². The Bertz CT molecular complexity index is 323. The van der Waals surface area contributed by atoms with E-state index in [1.54, 1.807) is 0 Å². The van der Waals surface area contributed by atoms with E-state index in [2.05, 4.69) is 36.3 Å². The molecule has 0 aliphatic carbocycles. The van der Waals surface area contributed by atoms with Gasteiger partial charge in [-0.3, -0.25) is 4.98 Å². The molecular formula is C12H20Cl2N2. The summed E-state index contributed by atoms with van der Waals surface area (Å²) in [6.07, 6.45) is 2.59. The number of aromatic nitrogens is 1. The van der Waals surface area contributed by atoms with Gasteiger partial charge in [0, 0.05) is 17.9 Å². The average molecular weight is 263 g/mol. The van der Waals surface area contributed by atoms with E-state index in [-0.39, 0.29) is 24.8 Å². The van der Waals surface area contributed by atoms with Gasteiger partial charge in [0.25, 0.3) is 0 Å². The van der Waals surface area contributed by atoms with Gasteiger partial charge in [-0.1, -0.05) is 6.07 Å². The highest BCUT2D eigenvalue weighted by molar-refractivity contribution is 5.85. The van der Waals surface area contributed by atoms with Crippen molar-refractivity contribution in [2.45, 2.75) is 32.6 Å². The first-order valence-corrected chi connectivity index (χ1v) is 5.42. The minimum Gasteiger partial charge on any atom is -0.316 e. The molecule has 2 heterocycles. The zero-order valence-corrected chi connectivity index (χ0v) is 11.5. The van der Waals surface area contributed by atoms with E-state index in [1.165, 1.54) is 30.6 Å². The van der Waals surface area contributed by atoms with Gasteiger partial charge in [-0.2, -0.15) is 0 Å². The second-order valence-electron chi connectivity index (χ2n) is 4.17. The monoisotopic (exact) mass is 262 g/mol. The molecule has 1 aliphatic heterocycles. The third-order valence-corrected chi connectivity index (χ3v) is 3.00. The fourth-order valence-electron chi connectivity index (χ4n) is 2.25. The number of rotatable bonds is 1. The summed E-state index contributed by atoms with van der Waals surface area (Å²) in [5, 5.41) is 3.45. The lowest BCUT2D eigenvalue weighted by molar-refractivity contribution is 0.459. The fourth-order valence-corrected chi connectivity index (χ4v) is 2.25. The molecule has 1 aliphatic rings. The molecule has 0 unspecified atom stereocenters. The van der Waals surface area contributed by atoms with Crippen LogP contribution in [0.4, 0.5) is 0 Å². The summed E-state index contributed by atoms with van der Waals surface area (Å²) >= 11 is 0. The first-order valence-electron chi connectivity index (χ1n) is 5.42. The molecule has 1 aromatic heterocycles. The molecule has 0 spiro atoms. The lowest BCUT2D eigenvalue weighted by Gasteiger charge is -2.24. The second kappa shape index (κ2) is 7.10. The van der Waals surface area contributed by atoms with Crippen molar-refractivity contribution in [3.63, 3.8) is 0 Å². The van der Waals surface area contributed by atoms with E-state index in [1.807, 2.05) is 0 Å². The minimum absolute atomic E-state index is 0. The molecule has 1 atom stereocenters. The van der Waals surface area contributed by atoms with Crippen LogP contribution in [0, 0.1) is 13.8 Å². The Labute approximate surface area is 110 Å². The van der Waals surface area contributed by atoms with E-state index >= 15 is 0 Å². The molecule has 0 saturated carbocycles. The highest BCUT2D eigenvalue weighted by Crippen LogP contribution is 2.24. The average Bonchev–Trinajstić information content (AvgIpc) is 2.19. The van der Waals surface area contributed by atoms with Crippen molar-refractivity contribution in [2.24, 2.45) is 0 Å². The number of piperidine rings is 1. The van der Waals surface area contributed by atoms with Crippen LogP contribution >= 0.6 is 24.8 Å². The zero-order valence-electron chi connectivity index (χ0n) is 9.82. The largest absolute Gasteiger partial charge is 0.316 e. The van der Waals surface area contributed by atoms with Crippen molar-refractivity contribution < 1.29 is 0 Å². The standard InChI is InChI=1S/C12H18N2.2ClH/c1-9-5-6-12(10(2)14-9)11-4-3-7-13-8-11;;/h5-6,11,13H,3-4,7-8H2,1-2H3;2*1H/t11-;;/m0../s1. The summed E-state index contributed by atoms with van der Waals surface area (Å²) < 4.78 is 0. The maximum atomic E-state index is 4.52. The van der Waals surface area contributed by atoms with Crippen LogP contribution in [0.3, 0.4) is 0 Å². The van der Waals surface area contributed by atoms with Crippen molar-refractivity contribution in [2.75, 3.05) is 13.1 Å². The summed E-state index contributed by atoms with van der Waals surface area (Å²) in [5.41, 5.74) is 3.76. The number of nitrogens with zero attached hydrogens (tertiary/aromatic N) is 1. The molecule has 1 N–H and O–H groups in total. The molecule has 92 valence electrons. The maximum absolute atomic E-state index is 4.52. The first kappa shape index (κ1) is 15.7. The fraction of sp³-hybridized carbons (Fsp3) is 0.583. The molecule has 2 rings (SSSR count). The molecular weight excluding hydrogens is 243 g/mol. The van der Waals surface area contributed by atoms with Crippen molar-refractivity contribution in [1.82, 2.24) is 10.3 Å². The second-order valence-corrected chi connectivity index (χ2v) is 4.17. The summed E-state index contributed by atoms with van der Waals surface area (Å²) in [4.78, 5) is 4.52. The van der Waals surface area contributed by atoms with Gasteiger partial charge in [0.05, 0.1) is 0 Å². The smallest absolute Gasteiger partial charge is 0.0411 e. The normalized spacial score (nSPS) is 19.5. The van der Waals surface area contributed by atoms with Gasteiger partial charge < -0.3 is 5.32 Å². The molecule has 0 amide bonds. The highest BCUT2D eigenvalue weighted by Gasteiger charge is 2.17.